The number of allylic oxidation sites excluding steroid dienone is 6. The van der Waals surface area contributed by atoms with Crippen molar-refractivity contribution in [3.05, 3.63) is 64.6 Å². The van der Waals surface area contributed by atoms with E-state index in [1.807, 2.05) is 6.07 Å². The van der Waals surface area contributed by atoms with Crippen molar-refractivity contribution in [2.24, 2.45) is 0 Å². The van der Waals surface area contributed by atoms with Gasteiger partial charge in [0.1, 0.15) is 11.5 Å². The van der Waals surface area contributed by atoms with Gasteiger partial charge in [-0.25, -0.2) is 9.59 Å². The molecular weight excluding hydrogens is 520 g/mol. The summed E-state index contributed by atoms with van der Waals surface area (Å²) in [5, 5.41) is 0. The van der Waals surface area contributed by atoms with Crippen molar-refractivity contribution >= 4 is 17.5 Å². The van der Waals surface area contributed by atoms with Gasteiger partial charge in [0, 0.05) is 12.8 Å². The lowest BCUT2D eigenvalue weighted by Crippen LogP contribution is -2.12. The molecule has 0 radical (unpaired) electrons. The first-order chi connectivity index (χ1) is 20.7. The van der Waals surface area contributed by atoms with E-state index in [-0.39, 0.29) is 11.9 Å². The van der Waals surface area contributed by atoms with Gasteiger partial charge in [-0.2, -0.15) is 0 Å². The molecule has 0 spiro atoms. The molecule has 42 heavy (non-hydrogen) atoms. The number of rotatable bonds is 5. The third kappa shape index (κ3) is 11.2. The van der Waals surface area contributed by atoms with Gasteiger partial charge in [-0.15, -0.1) is 0 Å². The minimum Gasteiger partial charge on any atom is -0.428 e. The lowest BCUT2D eigenvalue weighted by molar-refractivity contribution is 0.0595. The van der Waals surface area contributed by atoms with Crippen LogP contribution in [0.2, 0.25) is 0 Å². The molecule has 4 heteroatoms. The molecule has 0 aliphatic heterocycles. The maximum Gasteiger partial charge on any atom is 0.343 e. The second-order valence-electron chi connectivity index (χ2n) is 12.6. The van der Waals surface area contributed by atoms with Gasteiger partial charge < -0.3 is 9.47 Å². The van der Waals surface area contributed by atoms with E-state index in [0.29, 0.717) is 11.1 Å². The van der Waals surface area contributed by atoms with E-state index >= 15 is 0 Å². The maximum absolute atomic E-state index is 13.7. The van der Waals surface area contributed by atoms with E-state index < -0.39 is 0 Å². The molecule has 0 fully saturated rings. The summed E-state index contributed by atoms with van der Waals surface area (Å²) >= 11 is 0. The fraction of sp³-hybridized carbons (Fsp3) is 0.632. The molecule has 0 atom stereocenters. The van der Waals surface area contributed by atoms with E-state index in [2.05, 4.69) is 18.2 Å². The number of benzene rings is 1. The molecular formula is C38H54O4. The van der Waals surface area contributed by atoms with Crippen molar-refractivity contribution in [2.45, 2.75) is 154 Å². The van der Waals surface area contributed by atoms with Gasteiger partial charge >= 0.3 is 11.9 Å². The lowest BCUT2D eigenvalue weighted by Gasteiger charge is -2.17. The Balaban J connectivity index is 1.58. The second kappa shape index (κ2) is 18.8. The van der Waals surface area contributed by atoms with Crippen LogP contribution in [0.25, 0.3) is 5.57 Å². The summed E-state index contributed by atoms with van der Waals surface area (Å²) < 4.78 is 12.1. The summed E-state index contributed by atoms with van der Waals surface area (Å²) in [6.07, 6.45) is 33.6. The Labute approximate surface area is 255 Å². The molecule has 4 nitrogen and oxygen atoms in total. The van der Waals surface area contributed by atoms with Crippen LogP contribution in [0, 0.1) is 0 Å². The van der Waals surface area contributed by atoms with Crippen molar-refractivity contribution < 1.29 is 19.1 Å². The molecule has 1 aromatic carbocycles. The fourth-order valence-electron chi connectivity index (χ4n) is 6.47. The predicted octanol–water partition coefficient (Wildman–Crippen LogP) is 11.6. The molecule has 230 valence electrons. The summed E-state index contributed by atoms with van der Waals surface area (Å²) in [6, 6.07) is 5.46. The number of carbonyl (C=O) groups excluding carboxylic acids is 2. The van der Waals surface area contributed by atoms with Crippen molar-refractivity contribution in [3.63, 3.8) is 0 Å². The van der Waals surface area contributed by atoms with Crippen LogP contribution >= 0.6 is 0 Å². The normalized spacial score (nSPS) is 20.6. The molecule has 3 aliphatic carbocycles. The van der Waals surface area contributed by atoms with Crippen LogP contribution in [0.4, 0.5) is 0 Å². The molecule has 4 rings (SSSR count). The Hall–Kier alpha value is -2.62. The molecule has 0 unspecified atom stereocenters. The zero-order chi connectivity index (χ0) is 29.2. The van der Waals surface area contributed by atoms with Crippen molar-refractivity contribution in [3.8, 4) is 0 Å². The number of hydrogen-bond acceptors (Lipinski definition) is 4. The van der Waals surface area contributed by atoms with Crippen LogP contribution in [-0.4, -0.2) is 11.9 Å². The van der Waals surface area contributed by atoms with Gasteiger partial charge in [0.15, 0.2) is 0 Å². The minimum absolute atomic E-state index is 0.304. The van der Waals surface area contributed by atoms with Crippen LogP contribution < -0.4 is 0 Å². The number of hydrogen-bond donors (Lipinski definition) is 0. The summed E-state index contributed by atoms with van der Waals surface area (Å²) in [4.78, 5) is 27.2. The third-order valence-electron chi connectivity index (χ3n) is 9.06. The van der Waals surface area contributed by atoms with Crippen LogP contribution in [0.5, 0.6) is 0 Å². The zero-order valence-corrected chi connectivity index (χ0v) is 26.1. The second-order valence-corrected chi connectivity index (χ2v) is 12.6. The van der Waals surface area contributed by atoms with Crippen molar-refractivity contribution in [2.75, 3.05) is 0 Å². The van der Waals surface area contributed by atoms with Crippen molar-refractivity contribution in [1.82, 2.24) is 0 Å². The number of carbonyl (C=O) groups is 2. The van der Waals surface area contributed by atoms with Crippen LogP contribution in [0.15, 0.2) is 47.9 Å². The Kier molecular flexibility index (Phi) is 14.5. The Morgan fingerprint density at radius 2 is 0.929 bits per heavy atom. The Morgan fingerprint density at radius 1 is 0.476 bits per heavy atom. The molecule has 0 saturated carbocycles. The predicted molar refractivity (Wildman–Crippen MR) is 172 cm³/mol. The average molecular weight is 575 g/mol. The van der Waals surface area contributed by atoms with Gasteiger partial charge in [-0.1, -0.05) is 83.1 Å². The molecule has 0 aromatic heterocycles. The largest absolute Gasteiger partial charge is 0.428 e. The topological polar surface area (TPSA) is 52.6 Å². The number of ether oxygens (including phenoxy) is 2. The van der Waals surface area contributed by atoms with E-state index in [9.17, 15) is 9.59 Å². The van der Waals surface area contributed by atoms with Gasteiger partial charge in [0.2, 0.25) is 0 Å². The van der Waals surface area contributed by atoms with Crippen LogP contribution in [0.1, 0.15) is 180 Å². The highest BCUT2D eigenvalue weighted by atomic mass is 16.5. The first-order valence-electron chi connectivity index (χ1n) is 17.4. The van der Waals surface area contributed by atoms with E-state index in [0.717, 1.165) is 99.7 Å². The monoisotopic (exact) mass is 574 g/mol. The minimum atomic E-state index is -0.324. The molecule has 0 saturated heterocycles. The zero-order valence-electron chi connectivity index (χ0n) is 26.1. The summed E-state index contributed by atoms with van der Waals surface area (Å²) in [6.45, 7) is 0. The highest BCUT2D eigenvalue weighted by Gasteiger charge is 2.21. The SMILES string of the molecule is O=C(OC1=CCCCCCCCC1)c1ccc(C(=O)OC2=CCCCCCCCC2)c(C2=CCCCCCCCC2)c1. The van der Waals surface area contributed by atoms with Gasteiger partial charge in [0.25, 0.3) is 0 Å². The standard InChI is InChI=1S/C38H54O4/c39-37(41-33-24-18-12-6-2-7-13-19-25-33)32-28-29-35(36(30-32)31-22-16-10-4-1-5-11-17-23-31)38(40)42-34-26-20-14-8-3-9-15-21-27-34/h22,24,26,28-30H,1-21,23,25,27H2. The fourth-order valence-corrected chi connectivity index (χ4v) is 6.47. The first-order valence-corrected chi connectivity index (χ1v) is 17.4. The average Bonchev–Trinajstić information content (AvgIpc) is 3.01. The summed E-state index contributed by atoms with van der Waals surface area (Å²) in [5.41, 5.74) is 3.08. The highest BCUT2D eigenvalue weighted by Crippen LogP contribution is 2.31. The first kappa shape index (κ1) is 32.3. The highest BCUT2D eigenvalue weighted by molar-refractivity contribution is 5.99. The third-order valence-corrected chi connectivity index (χ3v) is 9.06. The summed E-state index contributed by atoms with van der Waals surface area (Å²) in [5.74, 6) is 0.975. The van der Waals surface area contributed by atoms with Gasteiger partial charge in [0.05, 0.1) is 11.1 Å². The van der Waals surface area contributed by atoms with Crippen LogP contribution in [-0.2, 0) is 9.47 Å². The Bertz CT molecular complexity index is 1090. The van der Waals surface area contributed by atoms with Crippen molar-refractivity contribution in [1.29, 1.82) is 0 Å². The quantitative estimate of drug-likeness (QED) is 0.328. The number of esters is 2. The molecule has 0 bridgehead atoms. The van der Waals surface area contributed by atoms with Gasteiger partial charge in [-0.3, -0.25) is 0 Å². The summed E-state index contributed by atoms with van der Waals surface area (Å²) in [7, 11) is 0. The molecule has 0 amide bonds. The maximum atomic E-state index is 13.7. The Morgan fingerprint density at radius 3 is 1.50 bits per heavy atom. The lowest BCUT2D eigenvalue weighted by atomic mass is 9.91. The molecule has 0 heterocycles. The molecule has 3 aliphatic rings. The molecule has 1 aromatic rings. The van der Waals surface area contributed by atoms with E-state index in [1.165, 1.54) is 77.0 Å². The van der Waals surface area contributed by atoms with E-state index in [4.69, 9.17) is 9.47 Å². The van der Waals surface area contributed by atoms with E-state index in [1.54, 1.807) is 12.1 Å². The van der Waals surface area contributed by atoms with Crippen LogP contribution in [0.3, 0.4) is 0 Å². The van der Waals surface area contributed by atoms with Gasteiger partial charge in [-0.05, 0) is 106 Å². The molecule has 0 N–H and O–H groups in total. The smallest absolute Gasteiger partial charge is 0.343 e.